The monoisotopic (exact) mass is 287 g/mol. The van der Waals surface area contributed by atoms with E-state index in [1.807, 2.05) is 25.3 Å². The molecule has 0 saturated carbocycles. The quantitative estimate of drug-likeness (QED) is 0.715. The van der Waals surface area contributed by atoms with Gasteiger partial charge in [-0.15, -0.1) is 0 Å². The van der Waals surface area contributed by atoms with Crippen LogP contribution in [0.5, 0.6) is 0 Å². The zero-order chi connectivity index (χ0) is 14.5. The lowest BCUT2D eigenvalue weighted by Gasteiger charge is -2.07. The van der Waals surface area contributed by atoms with Crippen LogP contribution in [0, 0.1) is 0 Å². The molecular weight excluding hydrogens is 262 g/mol. The van der Waals surface area contributed by atoms with Gasteiger partial charge in [-0.3, -0.25) is 0 Å². The number of sulfonamides is 1. The highest BCUT2D eigenvalue weighted by Crippen LogP contribution is 2.15. The molecule has 2 N–H and O–H groups in total. The molecule has 110 valence electrons. The Labute approximate surface area is 116 Å². The van der Waals surface area contributed by atoms with Crippen LogP contribution in [0.3, 0.4) is 0 Å². The SMILES string of the molecule is CCCNCc1cc(S(=O)(=O)NC(C)C)cn1CC. The van der Waals surface area contributed by atoms with Crippen LogP contribution in [0.15, 0.2) is 17.2 Å². The average molecular weight is 287 g/mol. The number of nitrogens with zero attached hydrogens (tertiary/aromatic N) is 1. The van der Waals surface area contributed by atoms with Crippen molar-refractivity contribution in [2.24, 2.45) is 0 Å². The van der Waals surface area contributed by atoms with Gasteiger partial charge in [-0.2, -0.15) is 0 Å². The van der Waals surface area contributed by atoms with Crippen molar-refractivity contribution < 1.29 is 8.42 Å². The molecule has 0 saturated heterocycles. The van der Waals surface area contributed by atoms with Crippen molar-refractivity contribution in [1.82, 2.24) is 14.6 Å². The third-order valence-corrected chi connectivity index (χ3v) is 4.36. The molecule has 5 nitrogen and oxygen atoms in total. The van der Waals surface area contributed by atoms with Crippen molar-refractivity contribution in [3.63, 3.8) is 0 Å². The highest BCUT2D eigenvalue weighted by Gasteiger charge is 2.18. The minimum absolute atomic E-state index is 0.100. The van der Waals surface area contributed by atoms with Crippen LogP contribution in [0.25, 0.3) is 0 Å². The van der Waals surface area contributed by atoms with E-state index in [1.165, 1.54) is 0 Å². The van der Waals surface area contributed by atoms with Crippen molar-refractivity contribution in [3.05, 3.63) is 18.0 Å². The first-order valence-corrected chi connectivity index (χ1v) is 8.31. The van der Waals surface area contributed by atoms with Gasteiger partial charge in [-0.05, 0) is 39.8 Å². The number of rotatable bonds is 8. The molecule has 0 fully saturated rings. The van der Waals surface area contributed by atoms with Gasteiger partial charge in [0.1, 0.15) is 0 Å². The lowest BCUT2D eigenvalue weighted by Crippen LogP contribution is -2.29. The van der Waals surface area contributed by atoms with E-state index in [1.54, 1.807) is 12.3 Å². The summed E-state index contributed by atoms with van der Waals surface area (Å²) in [7, 11) is -3.40. The standard InChI is InChI=1S/C13H25N3O2S/c1-5-7-14-9-12-8-13(10-16(12)6-2)19(17,18)15-11(3)4/h8,10-11,14-15H,5-7,9H2,1-4H3. The van der Waals surface area contributed by atoms with Gasteiger partial charge in [0.2, 0.25) is 10.0 Å². The second kappa shape index (κ2) is 7.07. The summed E-state index contributed by atoms with van der Waals surface area (Å²) >= 11 is 0. The minimum Gasteiger partial charge on any atom is -0.349 e. The summed E-state index contributed by atoms with van der Waals surface area (Å²) in [6.07, 6.45) is 2.76. The van der Waals surface area contributed by atoms with E-state index < -0.39 is 10.0 Å². The van der Waals surface area contributed by atoms with Crippen LogP contribution >= 0.6 is 0 Å². The minimum atomic E-state index is -3.40. The Balaban J connectivity index is 2.92. The van der Waals surface area contributed by atoms with Crippen LogP contribution in [-0.2, 0) is 23.1 Å². The maximum atomic E-state index is 12.1. The topological polar surface area (TPSA) is 63.1 Å². The molecular formula is C13H25N3O2S. The Bertz CT molecular complexity index is 492. The van der Waals surface area contributed by atoms with E-state index >= 15 is 0 Å². The molecule has 0 aliphatic rings. The maximum absolute atomic E-state index is 12.1. The highest BCUT2D eigenvalue weighted by atomic mass is 32.2. The largest absolute Gasteiger partial charge is 0.349 e. The number of nitrogens with one attached hydrogen (secondary N) is 2. The molecule has 0 aliphatic carbocycles. The van der Waals surface area contributed by atoms with Crippen LogP contribution in [-0.4, -0.2) is 25.6 Å². The van der Waals surface area contributed by atoms with E-state index in [-0.39, 0.29) is 6.04 Å². The molecule has 19 heavy (non-hydrogen) atoms. The zero-order valence-corrected chi connectivity index (χ0v) is 13.0. The molecule has 0 aliphatic heterocycles. The first-order valence-electron chi connectivity index (χ1n) is 6.82. The van der Waals surface area contributed by atoms with Gasteiger partial charge in [-0.25, -0.2) is 13.1 Å². The molecule has 0 radical (unpaired) electrons. The van der Waals surface area contributed by atoms with Crippen molar-refractivity contribution in [2.45, 2.75) is 58.1 Å². The molecule has 0 aromatic carbocycles. The summed E-state index contributed by atoms with van der Waals surface area (Å²) in [6.45, 7) is 10.1. The third-order valence-electron chi connectivity index (χ3n) is 2.74. The van der Waals surface area contributed by atoms with Gasteiger partial charge < -0.3 is 9.88 Å². The molecule has 0 atom stereocenters. The Morgan fingerprint density at radius 3 is 2.53 bits per heavy atom. The van der Waals surface area contributed by atoms with E-state index in [0.717, 1.165) is 25.2 Å². The summed E-state index contributed by atoms with van der Waals surface area (Å²) < 4.78 is 28.8. The normalized spacial score (nSPS) is 12.3. The second-order valence-corrected chi connectivity index (χ2v) is 6.62. The number of aryl methyl sites for hydroxylation is 1. The summed E-state index contributed by atoms with van der Waals surface area (Å²) in [4.78, 5) is 0.344. The summed E-state index contributed by atoms with van der Waals surface area (Å²) in [6, 6.07) is 1.65. The molecule has 0 unspecified atom stereocenters. The predicted molar refractivity (Wildman–Crippen MR) is 77.6 cm³/mol. The van der Waals surface area contributed by atoms with Crippen LogP contribution in [0.2, 0.25) is 0 Å². The van der Waals surface area contributed by atoms with Gasteiger partial charge in [0.25, 0.3) is 0 Å². The van der Waals surface area contributed by atoms with Crippen molar-refractivity contribution in [2.75, 3.05) is 6.54 Å². The summed E-state index contributed by atoms with van der Waals surface area (Å²) in [5.74, 6) is 0. The van der Waals surface area contributed by atoms with Gasteiger partial charge in [0, 0.05) is 31.0 Å². The van der Waals surface area contributed by atoms with Gasteiger partial charge in [0.15, 0.2) is 0 Å². The van der Waals surface area contributed by atoms with Crippen molar-refractivity contribution in [1.29, 1.82) is 0 Å². The molecule has 1 heterocycles. The molecule has 0 spiro atoms. The number of hydrogen-bond acceptors (Lipinski definition) is 3. The molecule has 0 bridgehead atoms. The predicted octanol–water partition coefficient (Wildman–Crippen LogP) is 1.69. The first kappa shape index (κ1) is 16.2. The Kier molecular flexibility index (Phi) is 6.03. The summed E-state index contributed by atoms with van der Waals surface area (Å²) in [5, 5.41) is 3.30. The van der Waals surface area contributed by atoms with Crippen LogP contribution in [0.4, 0.5) is 0 Å². The lowest BCUT2D eigenvalue weighted by molar-refractivity contribution is 0.569. The first-order chi connectivity index (χ1) is 8.90. The van der Waals surface area contributed by atoms with Gasteiger partial charge >= 0.3 is 0 Å². The van der Waals surface area contributed by atoms with E-state index in [4.69, 9.17) is 0 Å². The van der Waals surface area contributed by atoms with Crippen molar-refractivity contribution in [3.8, 4) is 0 Å². The average Bonchev–Trinajstić information content (AvgIpc) is 2.72. The van der Waals surface area contributed by atoms with E-state index in [9.17, 15) is 8.42 Å². The molecule has 6 heteroatoms. The third kappa shape index (κ3) is 4.63. The fourth-order valence-electron chi connectivity index (χ4n) is 1.89. The number of hydrogen-bond donors (Lipinski definition) is 2. The fourth-order valence-corrected chi connectivity index (χ4v) is 3.20. The Morgan fingerprint density at radius 1 is 1.32 bits per heavy atom. The smallest absolute Gasteiger partial charge is 0.242 e. The molecule has 0 amide bonds. The lowest BCUT2D eigenvalue weighted by atomic mass is 10.4. The van der Waals surface area contributed by atoms with E-state index in [0.29, 0.717) is 11.4 Å². The van der Waals surface area contributed by atoms with E-state index in [2.05, 4.69) is 17.0 Å². The zero-order valence-electron chi connectivity index (χ0n) is 12.2. The molecule has 1 rings (SSSR count). The molecule has 1 aromatic heterocycles. The maximum Gasteiger partial charge on any atom is 0.242 e. The highest BCUT2D eigenvalue weighted by molar-refractivity contribution is 7.89. The fraction of sp³-hybridized carbons (Fsp3) is 0.692. The van der Waals surface area contributed by atoms with Crippen LogP contribution in [0.1, 0.15) is 39.8 Å². The Hall–Kier alpha value is -0.850. The Morgan fingerprint density at radius 2 is 2.00 bits per heavy atom. The van der Waals surface area contributed by atoms with Crippen molar-refractivity contribution >= 4 is 10.0 Å². The number of aromatic nitrogens is 1. The van der Waals surface area contributed by atoms with Crippen LogP contribution < -0.4 is 10.0 Å². The van der Waals surface area contributed by atoms with Gasteiger partial charge in [-0.1, -0.05) is 6.92 Å². The second-order valence-electron chi connectivity index (χ2n) is 4.91. The van der Waals surface area contributed by atoms with Gasteiger partial charge in [0.05, 0.1) is 4.90 Å². The molecule has 1 aromatic rings. The summed E-state index contributed by atoms with van der Waals surface area (Å²) in [5.41, 5.74) is 1.00.